The van der Waals surface area contributed by atoms with Gasteiger partial charge in [-0.05, 0) is 53.8 Å². The number of hydrogen-bond acceptors (Lipinski definition) is 3. The van der Waals surface area contributed by atoms with Gasteiger partial charge in [0.05, 0.1) is 8.59 Å². The summed E-state index contributed by atoms with van der Waals surface area (Å²) in [6.07, 6.45) is 1.11. The quantitative estimate of drug-likeness (QED) is 0.420. The summed E-state index contributed by atoms with van der Waals surface area (Å²) in [5.74, 6) is 0.741. The van der Waals surface area contributed by atoms with Crippen LogP contribution >= 0.6 is 45.8 Å². The minimum absolute atomic E-state index is 0.435. The Morgan fingerprint density at radius 1 is 1.30 bits per heavy atom. The highest BCUT2D eigenvalue weighted by molar-refractivity contribution is 14.1. The van der Waals surface area contributed by atoms with Crippen molar-refractivity contribution in [2.75, 3.05) is 19.7 Å². The van der Waals surface area contributed by atoms with Crippen LogP contribution in [0.3, 0.4) is 0 Å². The van der Waals surface area contributed by atoms with Crippen molar-refractivity contribution in [2.24, 2.45) is 0 Å². The lowest BCUT2D eigenvalue weighted by Crippen LogP contribution is -2.21. The fraction of sp³-hybridized carbons (Fsp3) is 0.357. The second-order valence-corrected chi connectivity index (χ2v) is 6.25. The minimum Gasteiger partial charge on any atom is -0.489 e. The van der Waals surface area contributed by atoms with Crippen molar-refractivity contribution in [3.05, 3.63) is 31.9 Å². The first-order valence-electron chi connectivity index (χ1n) is 6.41. The molecule has 0 aliphatic carbocycles. The van der Waals surface area contributed by atoms with E-state index in [1.54, 1.807) is 6.07 Å². The van der Waals surface area contributed by atoms with Gasteiger partial charge in [-0.1, -0.05) is 30.1 Å². The highest BCUT2D eigenvalue weighted by Gasteiger charge is 2.13. The van der Waals surface area contributed by atoms with Crippen LogP contribution in [-0.2, 0) is 0 Å². The molecule has 1 N–H and O–H groups in total. The second-order valence-electron chi connectivity index (χ2n) is 4.30. The van der Waals surface area contributed by atoms with Crippen LogP contribution in [-0.4, -0.2) is 24.7 Å². The Balaban J connectivity index is 2.25. The molecule has 1 aromatic heterocycles. The predicted molar refractivity (Wildman–Crippen MR) is 93.1 cm³/mol. The van der Waals surface area contributed by atoms with Gasteiger partial charge in [0.1, 0.15) is 17.3 Å². The van der Waals surface area contributed by atoms with Gasteiger partial charge in [-0.3, -0.25) is 0 Å². The number of aromatic nitrogens is 1. The van der Waals surface area contributed by atoms with Gasteiger partial charge in [0, 0.05) is 11.9 Å². The fourth-order valence-corrected chi connectivity index (χ4v) is 3.15. The first kappa shape index (κ1) is 16.1. The van der Waals surface area contributed by atoms with E-state index in [2.05, 4.69) is 39.8 Å². The Morgan fingerprint density at radius 2 is 2.10 bits per heavy atom. The van der Waals surface area contributed by atoms with E-state index in [0.717, 1.165) is 34.2 Å². The highest BCUT2D eigenvalue weighted by Crippen LogP contribution is 2.35. The van der Waals surface area contributed by atoms with Crippen LogP contribution in [0, 0.1) is 3.57 Å². The number of ether oxygens (including phenoxy) is 1. The van der Waals surface area contributed by atoms with Crippen LogP contribution in [0.5, 0.6) is 5.75 Å². The molecule has 0 saturated heterocycles. The Morgan fingerprint density at radius 3 is 2.85 bits per heavy atom. The smallest absolute Gasteiger partial charge is 0.159 e. The molecule has 0 amide bonds. The lowest BCUT2D eigenvalue weighted by molar-refractivity contribution is 0.315. The summed E-state index contributed by atoms with van der Waals surface area (Å²) in [5, 5.41) is 5.24. The summed E-state index contributed by atoms with van der Waals surface area (Å²) >= 11 is 14.4. The molecule has 0 spiro atoms. The van der Waals surface area contributed by atoms with Crippen LogP contribution in [0.25, 0.3) is 10.9 Å². The summed E-state index contributed by atoms with van der Waals surface area (Å²) < 4.78 is 6.79. The Labute approximate surface area is 142 Å². The van der Waals surface area contributed by atoms with Gasteiger partial charge in [-0.15, -0.1) is 0 Å². The van der Waals surface area contributed by atoms with Crippen LogP contribution in [0.2, 0.25) is 10.2 Å². The zero-order chi connectivity index (χ0) is 14.5. The largest absolute Gasteiger partial charge is 0.489 e. The van der Waals surface area contributed by atoms with Crippen LogP contribution in [0.1, 0.15) is 13.3 Å². The SMILES string of the molecule is CCCNCCOc1c(I)cc(Cl)c2ccc(Cl)nc12. The van der Waals surface area contributed by atoms with E-state index in [0.29, 0.717) is 22.3 Å². The molecule has 2 rings (SSSR count). The van der Waals surface area contributed by atoms with E-state index in [1.807, 2.05) is 12.1 Å². The lowest BCUT2D eigenvalue weighted by atomic mass is 10.2. The molecule has 0 aliphatic heterocycles. The molecule has 3 nitrogen and oxygen atoms in total. The van der Waals surface area contributed by atoms with Crippen molar-refractivity contribution in [1.82, 2.24) is 10.3 Å². The summed E-state index contributed by atoms with van der Waals surface area (Å²) in [6, 6.07) is 5.48. The fourth-order valence-electron chi connectivity index (χ4n) is 1.83. The average Bonchev–Trinajstić information content (AvgIpc) is 2.41. The standard InChI is InChI=1S/C14H15Cl2IN2O/c1-2-5-18-6-7-20-14-11(17)8-10(15)9-3-4-12(16)19-13(9)14/h3-4,8,18H,2,5-7H2,1H3. The second kappa shape index (κ2) is 7.64. The molecule has 1 aromatic carbocycles. The van der Waals surface area contributed by atoms with E-state index in [-0.39, 0.29) is 0 Å². The molecular weight excluding hydrogens is 410 g/mol. The first-order valence-corrected chi connectivity index (χ1v) is 8.24. The molecule has 20 heavy (non-hydrogen) atoms. The first-order chi connectivity index (χ1) is 9.63. The number of nitrogens with one attached hydrogen (secondary N) is 1. The van der Waals surface area contributed by atoms with Gasteiger partial charge >= 0.3 is 0 Å². The Bertz CT molecular complexity index is 607. The van der Waals surface area contributed by atoms with Crippen molar-refractivity contribution in [3.8, 4) is 5.75 Å². The van der Waals surface area contributed by atoms with Crippen molar-refractivity contribution >= 4 is 56.7 Å². The molecule has 0 fully saturated rings. The van der Waals surface area contributed by atoms with E-state index in [1.165, 1.54) is 0 Å². The molecule has 0 aliphatic rings. The van der Waals surface area contributed by atoms with Gasteiger partial charge in [-0.25, -0.2) is 4.98 Å². The maximum absolute atomic E-state index is 6.23. The highest BCUT2D eigenvalue weighted by atomic mass is 127. The summed E-state index contributed by atoms with van der Waals surface area (Å²) in [6.45, 7) is 4.51. The van der Waals surface area contributed by atoms with Crippen molar-refractivity contribution in [1.29, 1.82) is 0 Å². The van der Waals surface area contributed by atoms with Crippen LogP contribution < -0.4 is 10.1 Å². The minimum atomic E-state index is 0.435. The molecule has 108 valence electrons. The third kappa shape index (κ3) is 3.87. The molecule has 0 bridgehead atoms. The number of halogens is 3. The number of benzene rings is 1. The van der Waals surface area contributed by atoms with Crippen LogP contribution in [0.15, 0.2) is 18.2 Å². The van der Waals surface area contributed by atoms with E-state index in [4.69, 9.17) is 27.9 Å². The van der Waals surface area contributed by atoms with Crippen LogP contribution in [0.4, 0.5) is 0 Å². The van der Waals surface area contributed by atoms with Gasteiger partial charge in [-0.2, -0.15) is 0 Å². The molecule has 0 unspecified atom stereocenters. The van der Waals surface area contributed by atoms with Gasteiger partial charge in [0.2, 0.25) is 0 Å². The lowest BCUT2D eigenvalue weighted by Gasteiger charge is -2.12. The Hall–Kier alpha value is -0.300. The molecule has 0 atom stereocenters. The molecule has 1 heterocycles. The zero-order valence-corrected chi connectivity index (χ0v) is 14.7. The molecular formula is C14H15Cl2IN2O. The van der Waals surface area contributed by atoms with E-state index >= 15 is 0 Å². The predicted octanol–water partition coefficient (Wildman–Crippen LogP) is 4.52. The molecule has 0 radical (unpaired) electrons. The van der Waals surface area contributed by atoms with Gasteiger partial charge < -0.3 is 10.1 Å². The maximum atomic E-state index is 6.23. The summed E-state index contributed by atoms with van der Waals surface area (Å²) in [4.78, 5) is 4.34. The molecule has 0 saturated carbocycles. The van der Waals surface area contributed by atoms with Gasteiger partial charge in [0.15, 0.2) is 5.75 Å². The summed E-state index contributed by atoms with van der Waals surface area (Å²) in [7, 11) is 0. The third-order valence-corrected chi connectivity index (χ3v) is 4.08. The van der Waals surface area contributed by atoms with Crippen molar-refractivity contribution < 1.29 is 4.74 Å². The number of fused-ring (bicyclic) bond motifs is 1. The monoisotopic (exact) mass is 424 g/mol. The number of nitrogens with zero attached hydrogens (tertiary/aromatic N) is 1. The van der Waals surface area contributed by atoms with Crippen molar-refractivity contribution in [2.45, 2.75) is 13.3 Å². The third-order valence-electron chi connectivity index (χ3n) is 2.76. The number of pyridine rings is 1. The van der Waals surface area contributed by atoms with Crippen molar-refractivity contribution in [3.63, 3.8) is 0 Å². The number of hydrogen-bond donors (Lipinski definition) is 1. The maximum Gasteiger partial charge on any atom is 0.159 e. The normalized spacial score (nSPS) is 11.0. The molecule has 2 aromatic rings. The molecule has 6 heteroatoms. The Kier molecular flexibility index (Phi) is 6.14. The van der Waals surface area contributed by atoms with E-state index < -0.39 is 0 Å². The topological polar surface area (TPSA) is 34.1 Å². The van der Waals surface area contributed by atoms with Gasteiger partial charge in [0.25, 0.3) is 0 Å². The zero-order valence-electron chi connectivity index (χ0n) is 11.0. The summed E-state index contributed by atoms with van der Waals surface area (Å²) in [5.41, 5.74) is 0.713. The number of rotatable bonds is 6. The van der Waals surface area contributed by atoms with E-state index in [9.17, 15) is 0 Å². The average molecular weight is 425 g/mol.